The second-order valence-corrected chi connectivity index (χ2v) is 9.44. The number of fused-ring (bicyclic) bond motifs is 1. The monoisotopic (exact) mass is 448 g/mol. The van der Waals surface area contributed by atoms with Crippen LogP contribution in [0.4, 0.5) is 0 Å². The van der Waals surface area contributed by atoms with Crippen LogP contribution in [0.25, 0.3) is 5.57 Å². The number of halogens is 2. The minimum absolute atomic E-state index is 0.0586. The number of ketones is 1. The predicted octanol–water partition coefficient (Wildman–Crippen LogP) is 7.50. The molecule has 2 atom stereocenters. The highest BCUT2D eigenvalue weighted by Gasteiger charge is 2.57. The zero-order valence-electron chi connectivity index (χ0n) is 17.6. The Morgan fingerprint density at radius 3 is 2.16 bits per heavy atom. The van der Waals surface area contributed by atoms with Gasteiger partial charge in [0.25, 0.3) is 0 Å². The first-order valence-corrected chi connectivity index (χ1v) is 11.1. The van der Waals surface area contributed by atoms with Crippen molar-refractivity contribution in [2.75, 3.05) is 0 Å². The van der Waals surface area contributed by atoms with Gasteiger partial charge in [-0.1, -0.05) is 59.6 Å². The van der Waals surface area contributed by atoms with E-state index in [1.165, 1.54) is 0 Å². The summed E-state index contributed by atoms with van der Waals surface area (Å²) in [6.45, 7) is 6.08. The largest absolute Gasteiger partial charge is 0.477 e. The van der Waals surface area contributed by atoms with E-state index in [1.54, 1.807) is 0 Å². The fraction of sp³-hybridized carbons (Fsp3) is 0.222. The minimum atomic E-state index is -0.992. The third-order valence-electron chi connectivity index (χ3n) is 6.65. The van der Waals surface area contributed by atoms with E-state index in [-0.39, 0.29) is 11.7 Å². The van der Waals surface area contributed by atoms with Crippen molar-refractivity contribution < 1.29 is 9.53 Å². The van der Waals surface area contributed by atoms with Crippen molar-refractivity contribution in [3.63, 3.8) is 0 Å². The molecule has 1 aliphatic heterocycles. The van der Waals surface area contributed by atoms with Crippen molar-refractivity contribution in [3.05, 3.63) is 104 Å². The molecule has 0 N–H and O–H groups in total. The van der Waals surface area contributed by atoms with Crippen LogP contribution in [0.2, 0.25) is 10.0 Å². The van der Waals surface area contributed by atoms with Crippen LogP contribution in [0.5, 0.6) is 5.75 Å². The number of benzene rings is 3. The summed E-state index contributed by atoms with van der Waals surface area (Å²) in [6, 6.07) is 17.5. The maximum atomic E-state index is 14.0. The molecular formula is C27H22Cl2O2. The van der Waals surface area contributed by atoms with Crippen molar-refractivity contribution >= 4 is 34.6 Å². The van der Waals surface area contributed by atoms with Crippen LogP contribution in [-0.2, 0) is 0 Å². The summed E-state index contributed by atoms with van der Waals surface area (Å²) in [7, 11) is 0. The number of aryl methyl sites for hydroxylation is 2. The smallest absolute Gasteiger partial charge is 0.211 e. The van der Waals surface area contributed by atoms with Crippen molar-refractivity contribution in [2.24, 2.45) is 0 Å². The lowest BCUT2D eigenvalue weighted by Crippen LogP contribution is -2.43. The molecule has 2 nitrogen and oxygen atoms in total. The van der Waals surface area contributed by atoms with Gasteiger partial charge < -0.3 is 4.74 Å². The van der Waals surface area contributed by atoms with Gasteiger partial charge in [0.05, 0.1) is 11.5 Å². The van der Waals surface area contributed by atoms with E-state index in [4.69, 9.17) is 27.9 Å². The molecule has 0 saturated carbocycles. The summed E-state index contributed by atoms with van der Waals surface area (Å²) < 4.78 is 6.67. The van der Waals surface area contributed by atoms with E-state index < -0.39 is 5.60 Å². The van der Waals surface area contributed by atoms with Gasteiger partial charge in [-0.15, -0.1) is 0 Å². The highest BCUT2D eigenvalue weighted by molar-refractivity contribution is 6.30. The Bertz CT molecular complexity index is 1240. The quantitative estimate of drug-likeness (QED) is 0.405. The zero-order chi connectivity index (χ0) is 21.9. The van der Waals surface area contributed by atoms with Gasteiger partial charge in [-0.05, 0) is 78.4 Å². The Kier molecular flexibility index (Phi) is 4.76. The van der Waals surface area contributed by atoms with Crippen molar-refractivity contribution in [1.29, 1.82) is 0 Å². The third-order valence-corrected chi connectivity index (χ3v) is 7.15. The first kappa shape index (κ1) is 20.4. The molecule has 0 fully saturated rings. The van der Waals surface area contributed by atoms with E-state index in [1.807, 2.05) is 62.4 Å². The summed E-state index contributed by atoms with van der Waals surface area (Å²) in [5, 5.41) is 1.36. The van der Waals surface area contributed by atoms with Gasteiger partial charge in [0.15, 0.2) is 5.60 Å². The summed E-state index contributed by atoms with van der Waals surface area (Å²) in [6.07, 6.45) is 2.68. The Hall–Kier alpha value is -2.55. The molecule has 5 rings (SSSR count). The molecule has 1 aliphatic carbocycles. The second-order valence-electron chi connectivity index (χ2n) is 8.56. The molecule has 1 spiro atoms. The normalized spacial score (nSPS) is 21.9. The van der Waals surface area contributed by atoms with Crippen LogP contribution < -0.4 is 4.74 Å². The molecule has 0 aromatic heterocycles. The summed E-state index contributed by atoms with van der Waals surface area (Å²) in [5.41, 5.74) is 6.01. The molecule has 0 saturated heterocycles. The molecule has 0 radical (unpaired) electrons. The summed E-state index contributed by atoms with van der Waals surface area (Å²) >= 11 is 12.2. The van der Waals surface area contributed by atoms with E-state index >= 15 is 0 Å². The topological polar surface area (TPSA) is 26.3 Å². The van der Waals surface area contributed by atoms with Crippen LogP contribution in [-0.4, -0.2) is 11.4 Å². The number of Topliss-reactive ketones (excluding diaryl/α,β-unsaturated/α-hetero) is 1. The van der Waals surface area contributed by atoms with Gasteiger partial charge in [-0.2, -0.15) is 0 Å². The molecule has 4 heteroatoms. The first-order valence-electron chi connectivity index (χ1n) is 10.4. The Labute approximate surface area is 192 Å². The fourth-order valence-corrected chi connectivity index (χ4v) is 5.16. The lowest BCUT2D eigenvalue weighted by atomic mass is 9.79. The molecule has 0 bridgehead atoms. The maximum Gasteiger partial charge on any atom is 0.211 e. The Balaban J connectivity index is 1.67. The zero-order valence-corrected chi connectivity index (χ0v) is 19.1. The van der Waals surface area contributed by atoms with Crippen LogP contribution in [0, 0.1) is 20.8 Å². The Morgan fingerprint density at radius 2 is 1.52 bits per heavy atom. The molecule has 3 aromatic rings. The summed E-state index contributed by atoms with van der Waals surface area (Å²) in [4.78, 5) is 14.0. The number of ether oxygens (including phenoxy) is 1. The molecule has 3 aromatic carbocycles. The van der Waals surface area contributed by atoms with Gasteiger partial charge in [-0.3, -0.25) is 4.79 Å². The van der Waals surface area contributed by atoms with Gasteiger partial charge in [0, 0.05) is 16.5 Å². The number of hydrogen-bond acceptors (Lipinski definition) is 2. The molecule has 0 amide bonds. The van der Waals surface area contributed by atoms with E-state index in [0.29, 0.717) is 22.0 Å². The highest BCUT2D eigenvalue weighted by atomic mass is 35.5. The molecule has 0 unspecified atom stereocenters. The van der Waals surface area contributed by atoms with E-state index in [9.17, 15) is 4.79 Å². The molecule has 31 heavy (non-hydrogen) atoms. The Morgan fingerprint density at radius 1 is 0.903 bits per heavy atom. The van der Waals surface area contributed by atoms with Gasteiger partial charge >= 0.3 is 0 Å². The predicted molar refractivity (Wildman–Crippen MR) is 127 cm³/mol. The van der Waals surface area contributed by atoms with Crippen LogP contribution in [0.15, 0.2) is 60.7 Å². The molecule has 156 valence electrons. The molecular weight excluding hydrogens is 427 g/mol. The van der Waals surface area contributed by atoms with Crippen molar-refractivity contribution in [3.8, 4) is 5.75 Å². The number of carbonyl (C=O) groups is 1. The number of rotatable bonds is 2. The number of carbonyl (C=O) groups excluding carboxylic acids is 1. The molecule has 2 aliphatic rings. The standard InChI is InChI=1S/C27H22Cl2O2/c1-15-12-16(2)24-25(17(15)3)31-27(26(24)30)14-20(18-4-8-21(28)9-5-18)13-23(27)19-6-10-22(29)11-7-19/h4-13,23H,14H2,1-3H3/t23-,27-/m0/s1. The average molecular weight is 449 g/mol. The summed E-state index contributed by atoms with van der Waals surface area (Å²) in [5.74, 6) is 0.574. The van der Waals surface area contributed by atoms with Crippen LogP contribution >= 0.6 is 23.2 Å². The average Bonchev–Trinajstić information content (AvgIpc) is 3.27. The highest BCUT2D eigenvalue weighted by Crippen LogP contribution is 2.54. The second kappa shape index (κ2) is 7.25. The SMILES string of the molecule is Cc1cc(C)c2c(c1C)O[C@]1(CC(c3ccc(Cl)cc3)=C[C@H]1c1ccc(Cl)cc1)C2=O. The maximum absolute atomic E-state index is 14.0. The van der Waals surface area contributed by atoms with Crippen LogP contribution in [0.3, 0.4) is 0 Å². The lowest BCUT2D eigenvalue weighted by molar-refractivity contribution is 0.0549. The van der Waals surface area contributed by atoms with Gasteiger partial charge in [0.1, 0.15) is 5.75 Å². The lowest BCUT2D eigenvalue weighted by Gasteiger charge is -2.30. The minimum Gasteiger partial charge on any atom is -0.477 e. The van der Waals surface area contributed by atoms with E-state index in [0.717, 1.165) is 39.1 Å². The van der Waals surface area contributed by atoms with Crippen molar-refractivity contribution in [2.45, 2.75) is 38.7 Å². The van der Waals surface area contributed by atoms with Crippen molar-refractivity contribution in [1.82, 2.24) is 0 Å². The van der Waals surface area contributed by atoms with E-state index in [2.05, 4.69) is 19.1 Å². The molecule has 1 heterocycles. The number of hydrogen-bond donors (Lipinski definition) is 0. The third kappa shape index (κ3) is 3.12. The fourth-order valence-electron chi connectivity index (χ4n) is 4.91. The van der Waals surface area contributed by atoms with Crippen LogP contribution in [0.1, 0.15) is 50.5 Å². The van der Waals surface area contributed by atoms with Gasteiger partial charge in [-0.25, -0.2) is 0 Å². The first-order chi connectivity index (χ1) is 14.8. The van der Waals surface area contributed by atoms with Gasteiger partial charge in [0.2, 0.25) is 5.78 Å².